The van der Waals surface area contributed by atoms with Crippen LogP contribution in [0.4, 0.5) is 14.9 Å². The Morgan fingerprint density at radius 3 is 2.52 bits per heavy atom. The predicted molar refractivity (Wildman–Crippen MR) is 148 cm³/mol. The molecule has 210 valence electrons. The number of aliphatic hydroxyl groups is 1. The van der Waals surface area contributed by atoms with Crippen LogP contribution in [0.2, 0.25) is 0 Å². The smallest absolute Gasteiger partial charge is 0.410 e. The Labute approximate surface area is 232 Å². The third kappa shape index (κ3) is 4.65. The van der Waals surface area contributed by atoms with Gasteiger partial charge in [0, 0.05) is 24.1 Å². The highest BCUT2D eigenvalue weighted by atomic mass is 32.2. The van der Waals surface area contributed by atoms with Crippen LogP contribution in [0, 0.1) is 5.82 Å². The molecule has 3 aromatic carbocycles. The van der Waals surface area contributed by atoms with Gasteiger partial charge in [-0.1, -0.05) is 36.4 Å². The van der Waals surface area contributed by atoms with E-state index in [1.807, 2.05) is 24.3 Å². The number of likely N-dealkylation sites (tertiary alicyclic amines) is 1. The van der Waals surface area contributed by atoms with Gasteiger partial charge in [-0.05, 0) is 73.7 Å². The fourth-order valence-electron chi connectivity index (χ4n) is 5.82. The van der Waals surface area contributed by atoms with Crippen LogP contribution < -0.4 is 5.32 Å². The van der Waals surface area contributed by atoms with Crippen molar-refractivity contribution >= 4 is 27.5 Å². The minimum absolute atomic E-state index is 0.229. The summed E-state index contributed by atoms with van der Waals surface area (Å²) in [6.07, 6.45) is 0.759. The van der Waals surface area contributed by atoms with E-state index in [0.29, 0.717) is 23.2 Å². The molecule has 10 heteroatoms. The Morgan fingerprint density at radius 1 is 1.12 bits per heavy atom. The maximum absolute atomic E-state index is 15.0. The Morgan fingerprint density at radius 2 is 1.85 bits per heavy atom. The van der Waals surface area contributed by atoms with Gasteiger partial charge < -0.3 is 15.2 Å². The summed E-state index contributed by atoms with van der Waals surface area (Å²) in [4.78, 5) is 28.4. The van der Waals surface area contributed by atoms with Gasteiger partial charge in [0.1, 0.15) is 16.8 Å². The van der Waals surface area contributed by atoms with Gasteiger partial charge in [0.25, 0.3) is 0 Å². The van der Waals surface area contributed by atoms with Crippen LogP contribution in [-0.4, -0.2) is 48.8 Å². The number of halogens is 1. The number of hydrogen-bond donors (Lipinski definition) is 2. The number of sulfone groups is 1. The summed E-state index contributed by atoms with van der Waals surface area (Å²) in [5.74, 6) is -1.07. The number of rotatable bonds is 4. The van der Waals surface area contributed by atoms with E-state index in [-0.39, 0.29) is 28.5 Å². The van der Waals surface area contributed by atoms with Crippen molar-refractivity contribution in [3.63, 3.8) is 0 Å². The molecule has 2 atom stereocenters. The average Bonchev–Trinajstić information content (AvgIpc) is 3.41. The van der Waals surface area contributed by atoms with Gasteiger partial charge in [-0.2, -0.15) is 0 Å². The largest absolute Gasteiger partial charge is 0.444 e. The standard InChI is InChI=1S/C30H31FN2O6S/c1-29(2,3)39-28(36)33-13-12-30(22-10-5-6-11-24(22)32-27(30)35)26(33)19-9-7-8-18(14-19)20-15-23(31)21(17-34)25(16-20)40(4,37)38/h5-11,14-16,26,34H,12-13,17H2,1-4H3,(H,32,35)/t26-,30-/m1/s1. The molecule has 2 aliphatic heterocycles. The predicted octanol–water partition coefficient (Wildman–Crippen LogP) is 4.96. The first-order chi connectivity index (χ1) is 18.8. The van der Waals surface area contributed by atoms with Crippen molar-refractivity contribution in [2.24, 2.45) is 0 Å². The fourth-order valence-corrected chi connectivity index (χ4v) is 6.77. The molecule has 0 saturated carbocycles. The molecule has 0 unspecified atom stereocenters. The molecule has 2 amide bonds. The lowest BCUT2D eigenvalue weighted by atomic mass is 9.72. The lowest BCUT2D eigenvalue weighted by molar-refractivity contribution is -0.121. The molecular weight excluding hydrogens is 535 g/mol. The molecule has 0 bridgehead atoms. The van der Waals surface area contributed by atoms with Crippen molar-refractivity contribution in [3.05, 3.63) is 83.2 Å². The maximum atomic E-state index is 15.0. The molecule has 0 aliphatic carbocycles. The van der Waals surface area contributed by atoms with Crippen molar-refractivity contribution in [2.75, 3.05) is 18.1 Å². The van der Waals surface area contributed by atoms with Gasteiger partial charge in [-0.25, -0.2) is 17.6 Å². The highest BCUT2D eigenvalue weighted by Gasteiger charge is 2.60. The summed E-state index contributed by atoms with van der Waals surface area (Å²) in [5.41, 5.74) is 0.693. The monoisotopic (exact) mass is 566 g/mol. The third-order valence-electron chi connectivity index (χ3n) is 7.46. The van der Waals surface area contributed by atoms with Gasteiger partial charge in [-0.3, -0.25) is 9.69 Å². The number of ether oxygens (including phenoxy) is 1. The third-order valence-corrected chi connectivity index (χ3v) is 8.63. The number of amides is 2. The van der Waals surface area contributed by atoms with E-state index in [0.717, 1.165) is 11.8 Å². The van der Waals surface area contributed by atoms with Crippen molar-refractivity contribution in [3.8, 4) is 11.1 Å². The Kier molecular flexibility index (Phi) is 6.74. The minimum atomic E-state index is -3.84. The molecular formula is C30H31FN2O6S. The van der Waals surface area contributed by atoms with Crippen LogP contribution in [-0.2, 0) is 31.4 Å². The molecule has 5 rings (SSSR count). The van der Waals surface area contributed by atoms with Crippen molar-refractivity contribution in [1.82, 2.24) is 4.90 Å². The number of anilines is 1. The van der Waals surface area contributed by atoms with Crippen LogP contribution in [0.25, 0.3) is 11.1 Å². The van der Waals surface area contributed by atoms with Gasteiger partial charge >= 0.3 is 6.09 Å². The van der Waals surface area contributed by atoms with E-state index in [1.54, 1.807) is 49.9 Å². The number of carbonyl (C=O) groups excluding carboxylic acids is 2. The summed E-state index contributed by atoms with van der Waals surface area (Å²) in [6, 6.07) is 16.1. The lowest BCUT2D eigenvalue weighted by Crippen LogP contribution is -2.44. The van der Waals surface area contributed by atoms with Gasteiger partial charge in [-0.15, -0.1) is 0 Å². The zero-order valence-corrected chi connectivity index (χ0v) is 23.5. The average molecular weight is 567 g/mol. The first-order valence-corrected chi connectivity index (χ1v) is 14.8. The van der Waals surface area contributed by atoms with Crippen LogP contribution in [0.1, 0.15) is 49.9 Å². The highest BCUT2D eigenvalue weighted by molar-refractivity contribution is 7.90. The fraction of sp³-hybridized carbons (Fsp3) is 0.333. The highest BCUT2D eigenvalue weighted by Crippen LogP contribution is 2.55. The van der Waals surface area contributed by atoms with Crippen LogP contribution in [0.15, 0.2) is 65.6 Å². The van der Waals surface area contributed by atoms with Gasteiger partial charge in [0.05, 0.1) is 17.5 Å². The normalized spacial score (nSPS) is 20.5. The van der Waals surface area contributed by atoms with E-state index in [2.05, 4.69) is 5.32 Å². The Hall–Kier alpha value is -3.76. The van der Waals surface area contributed by atoms with Crippen LogP contribution >= 0.6 is 0 Å². The Balaban J connectivity index is 1.68. The van der Waals surface area contributed by atoms with Crippen LogP contribution in [0.3, 0.4) is 0 Å². The van der Waals surface area contributed by atoms with Crippen molar-refractivity contribution in [2.45, 2.75) is 55.8 Å². The number of nitrogens with one attached hydrogen (secondary N) is 1. The Bertz CT molecular complexity index is 1630. The summed E-state index contributed by atoms with van der Waals surface area (Å²) in [5, 5.41) is 12.6. The van der Waals surface area contributed by atoms with Gasteiger partial charge in [0.15, 0.2) is 9.84 Å². The number of hydrogen-bond acceptors (Lipinski definition) is 6. The molecule has 1 fully saturated rings. The summed E-state index contributed by atoms with van der Waals surface area (Å²) < 4.78 is 45.5. The second kappa shape index (κ2) is 9.71. The number of fused-ring (bicyclic) bond motifs is 2. The molecule has 0 radical (unpaired) electrons. The number of para-hydroxylation sites is 1. The zero-order chi connectivity index (χ0) is 29.0. The zero-order valence-electron chi connectivity index (χ0n) is 22.7. The van der Waals surface area contributed by atoms with E-state index in [9.17, 15) is 27.5 Å². The van der Waals surface area contributed by atoms with E-state index < -0.39 is 45.4 Å². The number of carbonyl (C=O) groups is 2. The maximum Gasteiger partial charge on any atom is 0.410 e. The van der Waals surface area contributed by atoms with Crippen molar-refractivity contribution < 1.29 is 32.2 Å². The van der Waals surface area contributed by atoms with Gasteiger partial charge in [0.2, 0.25) is 5.91 Å². The first kappa shape index (κ1) is 27.8. The molecule has 40 heavy (non-hydrogen) atoms. The number of aliphatic hydroxyl groups excluding tert-OH is 1. The molecule has 1 saturated heterocycles. The van der Waals surface area contributed by atoms with E-state index in [4.69, 9.17) is 4.74 Å². The second-order valence-electron chi connectivity index (χ2n) is 11.3. The summed E-state index contributed by atoms with van der Waals surface area (Å²) >= 11 is 0. The topological polar surface area (TPSA) is 113 Å². The van der Waals surface area contributed by atoms with E-state index in [1.165, 1.54) is 12.1 Å². The molecule has 8 nitrogen and oxygen atoms in total. The molecule has 0 aromatic heterocycles. The van der Waals surface area contributed by atoms with E-state index >= 15 is 0 Å². The molecule has 2 N–H and O–H groups in total. The molecule has 1 spiro atoms. The second-order valence-corrected chi connectivity index (χ2v) is 13.3. The SMILES string of the molecule is CC(C)(C)OC(=O)N1CC[C@]2(C(=O)Nc3ccccc32)[C@H]1c1cccc(-c2cc(F)c(CO)c(S(C)(=O)=O)c2)c1. The minimum Gasteiger partial charge on any atom is -0.444 e. The molecule has 3 aromatic rings. The van der Waals surface area contributed by atoms with Crippen molar-refractivity contribution in [1.29, 1.82) is 0 Å². The van der Waals surface area contributed by atoms with Crippen LogP contribution in [0.5, 0.6) is 0 Å². The molecule has 2 heterocycles. The number of benzene rings is 3. The number of nitrogens with zero attached hydrogens (tertiary/aromatic N) is 1. The lowest BCUT2D eigenvalue weighted by Gasteiger charge is -2.35. The first-order valence-electron chi connectivity index (χ1n) is 12.9. The summed E-state index contributed by atoms with van der Waals surface area (Å²) in [7, 11) is -3.84. The molecule has 2 aliphatic rings. The quantitative estimate of drug-likeness (QED) is 0.462. The summed E-state index contributed by atoms with van der Waals surface area (Å²) in [6.45, 7) is 4.82.